The van der Waals surface area contributed by atoms with Crippen LogP contribution in [0.4, 0.5) is 0 Å². The van der Waals surface area contributed by atoms with E-state index in [2.05, 4.69) is 9.78 Å². The number of carbonyl (C=O) groups excluding carboxylic acids is 2. The Bertz CT molecular complexity index is 203. The summed E-state index contributed by atoms with van der Waals surface area (Å²) in [5, 5.41) is 0. The van der Waals surface area contributed by atoms with Crippen molar-refractivity contribution in [1.29, 1.82) is 0 Å². The van der Waals surface area contributed by atoms with Gasteiger partial charge in [0, 0.05) is 6.42 Å². The molecule has 0 aliphatic carbocycles. The van der Waals surface area contributed by atoms with Crippen LogP contribution in [-0.2, 0) is 19.4 Å². The maximum atomic E-state index is 11.1. The molecule has 2 N–H and O–H groups in total. The Hall–Kier alpha value is -1.10. The maximum Gasteiger partial charge on any atom is 0.372 e. The number of hydrogen-bond donors (Lipinski definition) is 1. The largest absolute Gasteiger partial charge is 0.372 e. The van der Waals surface area contributed by atoms with Crippen LogP contribution in [0.5, 0.6) is 0 Å². The topological polar surface area (TPSA) is 78.6 Å². The monoisotopic (exact) mass is 203 g/mol. The first kappa shape index (κ1) is 12.9. The second-order valence-corrected chi connectivity index (χ2v) is 3.45. The fraction of sp³-hybridized carbons (Fsp3) is 0.778. The molecule has 0 aromatic rings. The summed E-state index contributed by atoms with van der Waals surface area (Å²) in [6, 6.07) is -0.736. The van der Waals surface area contributed by atoms with Crippen molar-refractivity contribution in [1.82, 2.24) is 0 Å². The molecule has 1 atom stereocenters. The first-order valence-corrected chi connectivity index (χ1v) is 4.64. The summed E-state index contributed by atoms with van der Waals surface area (Å²) in [5.41, 5.74) is 5.48. The molecule has 5 nitrogen and oxygen atoms in total. The molecule has 0 spiro atoms. The molecule has 0 aliphatic rings. The Morgan fingerprint density at radius 2 is 1.86 bits per heavy atom. The van der Waals surface area contributed by atoms with Gasteiger partial charge in [0.15, 0.2) is 0 Å². The summed E-state index contributed by atoms with van der Waals surface area (Å²) >= 11 is 0. The van der Waals surface area contributed by atoms with E-state index < -0.39 is 18.0 Å². The Balaban J connectivity index is 3.78. The van der Waals surface area contributed by atoms with Crippen molar-refractivity contribution < 1.29 is 19.4 Å². The van der Waals surface area contributed by atoms with E-state index in [1.165, 1.54) is 0 Å². The Kier molecular flexibility index (Phi) is 5.87. The molecule has 0 saturated heterocycles. The molecule has 0 rings (SSSR count). The van der Waals surface area contributed by atoms with Crippen LogP contribution in [0.25, 0.3) is 0 Å². The van der Waals surface area contributed by atoms with Crippen LogP contribution >= 0.6 is 0 Å². The zero-order valence-electron chi connectivity index (χ0n) is 8.78. The average Bonchev–Trinajstić information content (AvgIpc) is 2.12. The molecule has 0 bridgehead atoms. The van der Waals surface area contributed by atoms with E-state index in [4.69, 9.17) is 5.73 Å². The molecule has 0 unspecified atom stereocenters. The molecule has 0 aromatic carbocycles. The molecule has 0 heterocycles. The highest BCUT2D eigenvalue weighted by Gasteiger charge is 2.18. The number of nitrogens with two attached hydrogens (primary N) is 1. The normalized spacial score (nSPS) is 12.4. The van der Waals surface area contributed by atoms with Gasteiger partial charge in [0.25, 0.3) is 0 Å². The highest BCUT2D eigenvalue weighted by molar-refractivity contribution is 5.76. The van der Waals surface area contributed by atoms with Crippen LogP contribution in [-0.4, -0.2) is 18.0 Å². The highest BCUT2D eigenvalue weighted by Crippen LogP contribution is 2.04. The second kappa shape index (κ2) is 6.37. The fourth-order valence-corrected chi connectivity index (χ4v) is 0.812. The molecule has 0 aliphatic heterocycles. The molecule has 0 aromatic heterocycles. The average molecular weight is 203 g/mol. The van der Waals surface area contributed by atoms with E-state index in [1.54, 1.807) is 6.92 Å². The quantitative estimate of drug-likeness (QED) is 0.539. The number of hydrogen-bond acceptors (Lipinski definition) is 5. The molecular formula is C9H17NO4. The minimum atomic E-state index is -0.736. The van der Waals surface area contributed by atoms with E-state index in [0.29, 0.717) is 12.3 Å². The Labute approximate surface area is 83.5 Å². The van der Waals surface area contributed by atoms with Crippen LogP contribution in [0.15, 0.2) is 0 Å². The molecule has 0 amide bonds. The second-order valence-electron chi connectivity index (χ2n) is 3.45. The SMILES string of the molecule is CCC(=O)OOC(=O)[C@@H](N)CC(C)C. The van der Waals surface area contributed by atoms with Crippen molar-refractivity contribution >= 4 is 11.9 Å². The van der Waals surface area contributed by atoms with Crippen molar-refractivity contribution in [3.05, 3.63) is 0 Å². The standard InChI is InChI=1S/C9H17NO4/c1-4-8(11)13-14-9(12)7(10)5-6(2)3/h6-7H,4-5,10H2,1-3H3/t7-/m0/s1. The zero-order chi connectivity index (χ0) is 11.1. The molecule has 0 fully saturated rings. The number of rotatable bonds is 4. The van der Waals surface area contributed by atoms with Gasteiger partial charge in [-0.05, 0) is 12.3 Å². The third kappa shape index (κ3) is 5.53. The lowest BCUT2D eigenvalue weighted by molar-refractivity contribution is -0.260. The van der Waals surface area contributed by atoms with Crippen molar-refractivity contribution in [2.24, 2.45) is 11.7 Å². The Morgan fingerprint density at radius 3 is 2.29 bits per heavy atom. The molecule has 0 saturated carbocycles. The van der Waals surface area contributed by atoms with Gasteiger partial charge in [-0.1, -0.05) is 20.8 Å². The lowest BCUT2D eigenvalue weighted by atomic mass is 10.1. The van der Waals surface area contributed by atoms with Gasteiger partial charge in [0.05, 0.1) is 0 Å². The third-order valence-corrected chi connectivity index (χ3v) is 1.53. The minimum Gasteiger partial charge on any atom is -0.318 e. The summed E-state index contributed by atoms with van der Waals surface area (Å²) in [7, 11) is 0. The van der Waals surface area contributed by atoms with Crippen LogP contribution in [0.3, 0.4) is 0 Å². The van der Waals surface area contributed by atoms with Gasteiger partial charge < -0.3 is 5.73 Å². The number of carbonyl (C=O) groups is 2. The molecule has 5 heteroatoms. The van der Waals surface area contributed by atoms with Gasteiger partial charge in [-0.15, -0.1) is 0 Å². The summed E-state index contributed by atoms with van der Waals surface area (Å²) in [4.78, 5) is 30.1. The van der Waals surface area contributed by atoms with E-state index in [-0.39, 0.29) is 6.42 Å². The predicted molar refractivity (Wildman–Crippen MR) is 49.9 cm³/mol. The van der Waals surface area contributed by atoms with Crippen molar-refractivity contribution in [3.8, 4) is 0 Å². The molecule has 14 heavy (non-hydrogen) atoms. The summed E-state index contributed by atoms with van der Waals surface area (Å²) in [6.07, 6.45) is 0.662. The fourth-order valence-electron chi connectivity index (χ4n) is 0.812. The van der Waals surface area contributed by atoms with Gasteiger partial charge in [0.2, 0.25) is 0 Å². The summed E-state index contributed by atoms with van der Waals surface area (Å²) in [5.74, 6) is -1.00. The van der Waals surface area contributed by atoms with Crippen LogP contribution in [0.1, 0.15) is 33.6 Å². The molecule has 0 radical (unpaired) electrons. The van der Waals surface area contributed by atoms with Gasteiger partial charge in [-0.25, -0.2) is 19.4 Å². The van der Waals surface area contributed by atoms with E-state index in [0.717, 1.165) is 0 Å². The lowest BCUT2D eigenvalue weighted by Gasteiger charge is -2.11. The first-order chi connectivity index (χ1) is 6.47. The molecular weight excluding hydrogens is 186 g/mol. The lowest BCUT2D eigenvalue weighted by Crippen LogP contribution is -2.34. The van der Waals surface area contributed by atoms with Crippen molar-refractivity contribution in [2.45, 2.75) is 39.7 Å². The maximum absolute atomic E-state index is 11.1. The van der Waals surface area contributed by atoms with E-state index in [9.17, 15) is 9.59 Å². The predicted octanol–water partition coefficient (Wildman–Crippen LogP) is 0.771. The van der Waals surface area contributed by atoms with Crippen molar-refractivity contribution in [3.63, 3.8) is 0 Å². The van der Waals surface area contributed by atoms with E-state index >= 15 is 0 Å². The highest BCUT2D eigenvalue weighted by atomic mass is 17.2. The van der Waals surface area contributed by atoms with Gasteiger partial charge in [0.1, 0.15) is 6.04 Å². The third-order valence-electron chi connectivity index (χ3n) is 1.53. The van der Waals surface area contributed by atoms with Crippen LogP contribution < -0.4 is 5.73 Å². The smallest absolute Gasteiger partial charge is 0.318 e. The van der Waals surface area contributed by atoms with Crippen molar-refractivity contribution in [2.75, 3.05) is 0 Å². The summed E-state index contributed by atoms with van der Waals surface area (Å²) < 4.78 is 0. The zero-order valence-corrected chi connectivity index (χ0v) is 8.78. The summed E-state index contributed by atoms with van der Waals surface area (Å²) in [6.45, 7) is 5.47. The van der Waals surface area contributed by atoms with Gasteiger partial charge >= 0.3 is 11.9 Å². The van der Waals surface area contributed by atoms with Gasteiger partial charge in [-0.2, -0.15) is 0 Å². The van der Waals surface area contributed by atoms with Crippen LogP contribution in [0.2, 0.25) is 0 Å². The molecule has 82 valence electrons. The van der Waals surface area contributed by atoms with E-state index in [1.807, 2.05) is 13.8 Å². The minimum absolute atomic E-state index is 0.159. The first-order valence-electron chi connectivity index (χ1n) is 4.64. The van der Waals surface area contributed by atoms with Gasteiger partial charge in [-0.3, -0.25) is 0 Å². The Morgan fingerprint density at radius 1 is 1.29 bits per heavy atom. The van der Waals surface area contributed by atoms with Crippen LogP contribution in [0, 0.1) is 5.92 Å².